The fourth-order valence-electron chi connectivity index (χ4n) is 4.78. The van der Waals surface area contributed by atoms with Crippen LogP contribution in [0.25, 0.3) is 0 Å². The van der Waals surface area contributed by atoms with Crippen molar-refractivity contribution in [3.8, 4) is 0 Å². The third-order valence-corrected chi connectivity index (χ3v) is 5.75. The SMILES string of the molecule is CC1CCCC(CO)(CN2CCN3CCCC3C2)C1. The van der Waals surface area contributed by atoms with Gasteiger partial charge in [-0.05, 0) is 38.1 Å². The Kier molecular flexibility index (Phi) is 4.16. The van der Waals surface area contributed by atoms with Gasteiger partial charge in [0.2, 0.25) is 0 Å². The Morgan fingerprint density at radius 1 is 1.16 bits per heavy atom. The fraction of sp³-hybridized carbons (Fsp3) is 1.00. The zero-order chi connectivity index (χ0) is 13.3. The van der Waals surface area contributed by atoms with Gasteiger partial charge in [-0.2, -0.15) is 0 Å². The molecule has 2 heterocycles. The maximum atomic E-state index is 9.94. The van der Waals surface area contributed by atoms with Crippen molar-refractivity contribution < 1.29 is 5.11 Å². The van der Waals surface area contributed by atoms with Crippen molar-refractivity contribution in [3.63, 3.8) is 0 Å². The second-order valence-electron chi connectivity index (χ2n) is 7.43. The van der Waals surface area contributed by atoms with Crippen LogP contribution in [0.3, 0.4) is 0 Å². The van der Waals surface area contributed by atoms with Crippen molar-refractivity contribution in [2.75, 3.05) is 39.3 Å². The first-order chi connectivity index (χ1) is 9.21. The van der Waals surface area contributed by atoms with Gasteiger partial charge in [0.15, 0.2) is 0 Å². The van der Waals surface area contributed by atoms with Gasteiger partial charge >= 0.3 is 0 Å². The van der Waals surface area contributed by atoms with E-state index in [9.17, 15) is 5.11 Å². The van der Waals surface area contributed by atoms with E-state index in [1.165, 1.54) is 64.7 Å². The van der Waals surface area contributed by atoms with Crippen LogP contribution < -0.4 is 0 Å². The minimum absolute atomic E-state index is 0.207. The number of hydrogen-bond donors (Lipinski definition) is 1. The summed E-state index contributed by atoms with van der Waals surface area (Å²) in [7, 11) is 0. The van der Waals surface area contributed by atoms with Crippen molar-refractivity contribution in [1.82, 2.24) is 9.80 Å². The molecule has 3 atom stereocenters. The Morgan fingerprint density at radius 3 is 2.84 bits per heavy atom. The molecule has 2 aliphatic heterocycles. The molecule has 0 radical (unpaired) electrons. The molecule has 3 nitrogen and oxygen atoms in total. The Hall–Kier alpha value is -0.120. The molecule has 1 N–H and O–H groups in total. The van der Waals surface area contributed by atoms with Gasteiger partial charge in [-0.15, -0.1) is 0 Å². The zero-order valence-corrected chi connectivity index (χ0v) is 12.5. The van der Waals surface area contributed by atoms with Crippen LogP contribution in [0.2, 0.25) is 0 Å². The number of nitrogens with zero attached hydrogens (tertiary/aromatic N) is 2. The number of piperazine rings is 1. The van der Waals surface area contributed by atoms with Gasteiger partial charge in [0.05, 0.1) is 0 Å². The molecule has 3 fully saturated rings. The van der Waals surface area contributed by atoms with Gasteiger partial charge in [-0.25, -0.2) is 0 Å². The molecule has 3 heteroatoms. The number of hydrogen-bond acceptors (Lipinski definition) is 3. The lowest BCUT2D eigenvalue weighted by molar-refractivity contribution is 0.00129. The summed E-state index contributed by atoms with van der Waals surface area (Å²) < 4.78 is 0. The van der Waals surface area contributed by atoms with Gasteiger partial charge in [-0.1, -0.05) is 19.8 Å². The molecule has 19 heavy (non-hydrogen) atoms. The van der Waals surface area contributed by atoms with Gasteiger partial charge in [0.25, 0.3) is 0 Å². The van der Waals surface area contributed by atoms with E-state index in [1.807, 2.05) is 0 Å². The van der Waals surface area contributed by atoms with Crippen LogP contribution >= 0.6 is 0 Å². The number of rotatable bonds is 3. The van der Waals surface area contributed by atoms with Crippen molar-refractivity contribution >= 4 is 0 Å². The Labute approximate surface area is 118 Å². The summed E-state index contributed by atoms with van der Waals surface area (Å²) in [6.07, 6.45) is 7.91. The summed E-state index contributed by atoms with van der Waals surface area (Å²) >= 11 is 0. The first-order valence-electron chi connectivity index (χ1n) is 8.28. The van der Waals surface area contributed by atoms with E-state index in [4.69, 9.17) is 0 Å². The lowest BCUT2D eigenvalue weighted by Gasteiger charge is -2.45. The first kappa shape index (κ1) is 13.8. The minimum Gasteiger partial charge on any atom is -0.396 e. The largest absolute Gasteiger partial charge is 0.396 e. The molecule has 0 bridgehead atoms. The molecule has 0 aromatic heterocycles. The van der Waals surface area contributed by atoms with Crippen LogP contribution in [0.15, 0.2) is 0 Å². The van der Waals surface area contributed by atoms with E-state index in [0.717, 1.165) is 18.5 Å². The molecule has 3 aliphatic rings. The third-order valence-electron chi connectivity index (χ3n) is 5.75. The van der Waals surface area contributed by atoms with Crippen LogP contribution in [0.1, 0.15) is 45.4 Å². The highest BCUT2D eigenvalue weighted by Crippen LogP contribution is 2.40. The molecule has 0 aromatic rings. The van der Waals surface area contributed by atoms with Crippen molar-refractivity contribution in [3.05, 3.63) is 0 Å². The molecule has 3 unspecified atom stereocenters. The molecule has 0 spiro atoms. The molecule has 1 aliphatic carbocycles. The summed E-state index contributed by atoms with van der Waals surface area (Å²) in [5, 5.41) is 9.94. The van der Waals surface area contributed by atoms with Crippen LogP contribution in [0, 0.1) is 11.3 Å². The monoisotopic (exact) mass is 266 g/mol. The molecular formula is C16H30N2O. The highest BCUT2D eigenvalue weighted by Gasteiger charge is 2.38. The average Bonchev–Trinajstić information content (AvgIpc) is 2.86. The maximum Gasteiger partial charge on any atom is 0.0499 e. The first-order valence-corrected chi connectivity index (χ1v) is 8.28. The van der Waals surface area contributed by atoms with Crippen LogP contribution in [-0.2, 0) is 0 Å². The van der Waals surface area contributed by atoms with Crippen LogP contribution in [0.5, 0.6) is 0 Å². The van der Waals surface area contributed by atoms with Crippen molar-refractivity contribution in [2.24, 2.45) is 11.3 Å². The summed E-state index contributed by atoms with van der Waals surface area (Å²) in [5.74, 6) is 0.800. The number of aliphatic hydroxyl groups excluding tert-OH is 1. The Balaban J connectivity index is 1.59. The van der Waals surface area contributed by atoms with Crippen LogP contribution in [-0.4, -0.2) is 60.3 Å². The van der Waals surface area contributed by atoms with Gasteiger partial charge < -0.3 is 5.11 Å². The second-order valence-corrected chi connectivity index (χ2v) is 7.43. The molecular weight excluding hydrogens is 236 g/mol. The van der Waals surface area contributed by atoms with Crippen molar-refractivity contribution in [1.29, 1.82) is 0 Å². The molecule has 0 amide bonds. The average molecular weight is 266 g/mol. The fourth-order valence-corrected chi connectivity index (χ4v) is 4.78. The molecule has 2 saturated heterocycles. The van der Waals surface area contributed by atoms with Gasteiger partial charge in [-0.3, -0.25) is 9.80 Å². The van der Waals surface area contributed by atoms with E-state index in [-0.39, 0.29) is 5.41 Å². The summed E-state index contributed by atoms with van der Waals surface area (Å²) in [5.41, 5.74) is 0.207. The summed E-state index contributed by atoms with van der Waals surface area (Å²) in [6.45, 7) is 8.92. The predicted molar refractivity (Wildman–Crippen MR) is 78.2 cm³/mol. The number of aliphatic hydroxyl groups is 1. The zero-order valence-electron chi connectivity index (χ0n) is 12.5. The maximum absolute atomic E-state index is 9.94. The van der Waals surface area contributed by atoms with E-state index < -0.39 is 0 Å². The van der Waals surface area contributed by atoms with Gasteiger partial charge in [0.1, 0.15) is 0 Å². The molecule has 1 saturated carbocycles. The highest BCUT2D eigenvalue weighted by atomic mass is 16.3. The summed E-state index contributed by atoms with van der Waals surface area (Å²) in [4.78, 5) is 5.33. The Bertz CT molecular complexity index is 309. The van der Waals surface area contributed by atoms with Crippen molar-refractivity contribution in [2.45, 2.75) is 51.5 Å². The van der Waals surface area contributed by atoms with Gasteiger partial charge in [0, 0.05) is 44.2 Å². The smallest absolute Gasteiger partial charge is 0.0499 e. The normalized spacial score (nSPS) is 41.4. The molecule has 110 valence electrons. The molecule has 0 aromatic carbocycles. The second kappa shape index (κ2) is 5.71. The van der Waals surface area contributed by atoms with E-state index in [1.54, 1.807) is 0 Å². The third kappa shape index (κ3) is 2.98. The lowest BCUT2D eigenvalue weighted by Crippen LogP contribution is -2.54. The quantitative estimate of drug-likeness (QED) is 0.846. The topological polar surface area (TPSA) is 26.7 Å². The standard InChI is InChI=1S/C16H30N2O/c1-14-4-2-6-16(10-14,13-19)12-17-8-9-18-7-3-5-15(18)11-17/h14-15,19H,2-13H2,1H3. The predicted octanol–water partition coefficient (Wildman–Crippen LogP) is 1.96. The van der Waals surface area contributed by atoms with E-state index in [0.29, 0.717) is 6.61 Å². The minimum atomic E-state index is 0.207. The highest BCUT2D eigenvalue weighted by molar-refractivity contribution is 4.92. The van der Waals surface area contributed by atoms with E-state index >= 15 is 0 Å². The lowest BCUT2D eigenvalue weighted by atomic mass is 9.70. The summed E-state index contributed by atoms with van der Waals surface area (Å²) in [6, 6.07) is 0.811. The van der Waals surface area contributed by atoms with E-state index in [2.05, 4.69) is 16.7 Å². The Morgan fingerprint density at radius 2 is 2.05 bits per heavy atom. The van der Waals surface area contributed by atoms with Crippen LogP contribution in [0.4, 0.5) is 0 Å². The number of fused-ring (bicyclic) bond motifs is 1. The molecule has 3 rings (SSSR count).